The summed E-state index contributed by atoms with van der Waals surface area (Å²) in [5.74, 6) is 1.51. The van der Waals surface area contributed by atoms with Gasteiger partial charge < -0.3 is 29.7 Å². The summed E-state index contributed by atoms with van der Waals surface area (Å²) < 4.78 is 64.8. The number of nitrogens with two attached hydrogens (primary N) is 1. The van der Waals surface area contributed by atoms with Crippen molar-refractivity contribution in [2.24, 2.45) is 0 Å². The molecule has 62 heavy (non-hydrogen) atoms. The van der Waals surface area contributed by atoms with Crippen LogP contribution in [0.25, 0.3) is 21.5 Å². The first-order valence-corrected chi connectivity index (χ1v) is 23.3. The van der Waals surface area contributed by atoms with E-state index < -0.39 is 25.1 Å². The third-order valence-electron chi connectivity index (χ3n) is 10.5. The molecule has 2 fully saturated rings. The van der Waals surface area contributed by atoms with E-state index in [4.69, 9.17) is 30.6 Å². The van der Waals surface area contributed by atoms with Crippen LogP contribution in [0.2, 0.25) is 0 Å². The number of aromatic nitrogens is 2. The highest BCUT2D eigenvalue weighted by atomic mass is 35.7. The number of esters is 2. The van der Waals surface area contributed by atoms with Gasteiger partial charge in [-0.1, -0.05) is 66.2 Å². The molecule has 15 nitrogen and oxygen atoms in total. The molecule has 0 aliphatic carbocycles. The van der Waals surface area contributed by atoms with Crippen LogP contribution in [0.5, 0.6) is 5.75 Å². The zero-order chi connectivity index (χ0) is 44.6. The molecular weight excluding hydrogens is 856 g/mol. The van der Waals surface area contributed by atoms with Crippen LogP contribution in [0.15, 0.2) is 119 Å². The van der Waals surface area contributed by atoms with Crippen molar-refractivity contribution in [2.45, 2.75) is 54.5 Å². The number of rotatable bonds is 9. The third kappa shape index (κ3) is 10.3. The molecule has 2 saturated heterocycles. The van der Waals surface area contributed by atoms with Crippen molar-refractivity contribution >= 4 is 86.3 Å². The molecule has 0 amide bonds. The molecule has 2 aromatic heterocycles. The monoisotopic (exact) mass is 902 g/mol. The van der Waals surface area contributed by atoms with Gasteiger partial charge >= 0.3 is 11.9 Å². The van der Waals surface area contributed by atoms with E-state index >= 15 is 0 Å². The van der Waals surface area contributed by atoms with E-state index in [1.807, 2.05) is 65.3 Å². The molecule has 6 aromatic rings. The fourth-order valence-electron chi connectivity index (χ4n) is 7.38. The van der Waals surface area contributed by atoms with Crippen molar-refractivity contribution in [3.63, 3.8) is 0 Å². The SMILES string of the molecule is COC(=O)[C@H]1CCCN1c1ncc(N)c2ccccc12.COC(=O)[C@H]1CCCN1c1ncc(NS(=O)(=O)c2ccc(OC)cc2)c2ccccc12.Cc1ccc(S(=O)(=O)Cl)cc1. The zero-order valence-electron chi connectivity index (χ0n) is 34.5. The Morgan fingerprint density at radius 2 is 1.15 bits per heavy atom. The highest BCUT2D eigenvalue weighted by Crippen LogP contribution is 2.36. The maximum absolute atomic E-state index is 12.9. The standard InChI is InChI=1S/C22H23N3O5S.C15H17N3O2.C7H7ClO2S/c1-29-15-9-11-16(12-10-15)31(27,28)24-19-14-23-21(18-7-4-3-6-17(18)19)25-13-5-8-20(25)22(26)30-2;1-20-15(19)13-7-4-8-18(13)14-11-6-3-2-5-10(11)12(16)9-17-14;1-6-2-4-7(5-3-6)11(8,9)10/h3-4,6-7,9-12,14,20,24H,5,8,13H2,1-2H3;2-3,5-6,9,13H,4,7-8,16H2,1H3;2-5H,1H3/t20-;13-;/m11./s1. The number of nitrogens with one attached hydrogen (secondary N) is 1. The molecule has 8 rings (SSSR count). The molecule has 2 atom stereocenters. The Morgan fingerprint density at radius 1 is 0.677 bits per heavy atom. The lowest BCUT2D eigenvalue weighted by Crippen LogP contribution is -2.37. The summed E-state index contributed by atoms with van der Waals surface area (Å²) in [6, 6.07) is 27.1. The molecule has 2 aliphatic rings. The second-order valence-corrected chi connectivity index (χ2v) is 18.7. The Labute approximate surface area is 365 Å². The number of halogens is 1. The van der Waals surface area contributed by atoms with E-state index in [-0.39, 0.29) is 27.8 Å². The van der Waals surface area contributed by atoms with E-state index in [2.05, 4.69) is 14.7 Å². The number of sulfonamides is 1. The van der Waals surface area contributed by atoms with Gasteiger partial charge in [-0.15, -0.1) is 0 Å². The lowest BCUT2D eigenvalue weighted by atomic mass is 10.1. The minimum Gasteiger partial charge on any atom is -0.497 e. The van der Waals surface area contributed by atoms with Gasteiger partial charge in [-0.2, -0.15) is 0 Å². The van der Waals surface area contributed by atoms with Crippen molar-refractivity contribution in [2.75, 3.05) is 54.7 Å². The maximum Gasteiger partial charge on any atom is 0.328 e. The predicted octanol–water partition coefficient (Wildman–Crippen LogP) is 7.07. The Hall–Kier alpha value is -6.17. The molecule has 0 saturated carbocycles. The molecule has 0 spiro atoms. The number of hydrogen-bond acceptors (Lipinski definition) is 14. The van der Waals surface area contributed by atoms with Crippen molar-refractivity contribution in [1.29, 1.82) is 0 Å². The highest BCUT2D eigenvalue weighted by molar-refractivity contribution is 8.13. The van der Waals surface area contributed by atoms with Crippen molar-refractivity contribution in [3.8, 4) is 5.75 Å². The first-order valence-electron chi connectivity index (χ1n) is 19.5. The van der Waals surface area contributed by atoms with E-state index in [9.17, 15) is 26.4 Å². The smallest absolute Gasteiger partial charge is 0.328 e. The average Bonchev–Trinajstić information content (AvgIpc) is 3.98. The van der Waals surface area contributed by atoms with E-state index in [0.717, 1.165) is 53.3 Å². The summed E-state index contributed by atoms with van der Waals surface area (Å²) >= 11 is 0. The van der Waals surface area contributed by atoms with Crippen LogP contribution in [-0.4, -0.2) is 85.2 Å². The van der Waals surface area contributed by atoms with Gasteiger partial charge in [0.2, 0.25) is 0 Å². The van der Waals surface area contributed by atoms with E-state index in [1.165, 1.54) is 51.8 Å². The number of hydrogen-bond donors (Lipinski definition) is 2. The third-order valence-corrected chi connectivity index (χ3v) is 13.2. The quantitative estimate of drug-likeness (QED) is 0.110. The maximum atomic E-state index is 12.9. The van der Waals surface area contributed by atoms with Crippen LogP contribution in [0, 0.1) is 6.92 Å². The second kappa shape index (κ2) is 19.7. The van der Waals surface area contributed by atoms with Crippen molar-refractivity contribution in [3.05, 3.63) is 115 Å². The van der Waals surface area contributed by atoms with Gasteiger partial charge in [-0.05, 0) is 69.0 Å². The molecule has 18 heteroatoms. The van der Waals surface area contributed by atoms with Crippen molar-refractivity contribution in [1.82, 2.24) is 9.97 Å². The van der Waals surface area contributed by atoms with Crippen LogP contribution < -0.4 is 25.0 Å². The molecule has 3 N–H and O–H groups in total. The second-order valence-electron chi connectivity index (χ2n) is 14.4. The van der Waals surface area contributed by atoms with Gasteiger partial charge in [0.15, 0.2) is 0 Å². The number of nitrogens with zero attached hydrogens (tertiary/aromatic N) is 4. The summed E-state index contributed by atoms with van der Waals surface area (Å²) in [6.07, 6.45) is 6.44. The number of anilines is 4. The average molecular weight is 903 g/mol. The Morgan fingerprint density at radius 3 is 1.65 bits per heavy atom. The molecule has 2 aliphatic heterocycles. The Bertz CT molecular complexity index is 2780. The van der Waals surface area contributed by atoms with E-state index in [1.54, 1.807) is 30.5 Å². The number of benzene rings is 4. The van der Waals surface area contributed by atoms with E-state index in [0.29, 0.717) is 41.3 Å². The number of methoxy groups -OCH3 is 3. The predicted molar refractivity (Wildman–Crippen MR) is 241 cm³/mol. The fraction of sp³-hybridized carbons (Fsp3) is 0.273. The number of ether oxygens (including phenoxy) is 3. The van der Waals surface area contributed by atoms with Gasteiger partial charge in [0.25, 0.3) is 19.1 Å². The molecule has 0 bridgehead atoms. The largest absolute Gasteiger partial charge is 0.497 e. The van der Waals surface area contributed by atoms with Crippen molar-refractivity contribution < 1.29 is 40.6 Å². The molecule has 0 radical (unpaired) electrons. The Kier molecular flexibility index (Phi) is 14.4. The zero-order valence-corrected chi connectivity index (χ0v) is 36.9. The number of nitrogen functional groups attached to an aromatic ring is 1. The molecule has 326 valence electrons. The number of aryl methyl sites for hydroxylation is 1. The normalized spacial score (nSPS) is 16.1. The number of fused-ring (bicyclic) bond motifs is 2. The van der Waals surface area contributed by atoms with Gasteiger partial charge in [0, 0.05) is 45.3 Å². The summed E-state index contributed by atoms with van der Waals surface area (Å²) in [7, 11) is 2.03. The lowest BCUT2D eigenvalue weighted by molar-refractivity contribution is -0.142. The van der Waals surface area contributed by atoms with Gasteiger partial charge in [0.05, 0.1) is 54.9 Å². The minimum absolute atomic E-state index is 0.117. The van der Waals surface area contributed by atoms with Crippen LogP contribution in [0.4, 0.5) is 23.0 Å². The van der Waals surface area contributed by atoms with Gasteiger partial charge in [-0.3, -0.25) is 4.72 Å². The minimum atomic E-state index is -3.82. The van der Waals surface area contributed by atoms with Crippen LogP contribution in [0.1, 0.15) is 31.2 Å². The molecule has 4 aromatic carbocycles. The summed E-state index contributed by atoms with van der Waals surface area (Å²) in [5, 5.41) is 3.39. The topological polar surface area (TPSA) is 200 Å². The van der Waals surface area contributed by atoms with Crippen LogP contribution >= 0.6 is 10.7 Å². The first kappa shape index (κ1) is 45.4. The van der Waals surface area contributed by atoms with Gasteiger partial charge in [0.1, 0.15) is 29.5 Å². The summed E-state index contributed by atoms with van der Waals surface area (Å²) in [4.78, 5) is 37.3. The van der Waals surface area contributed by atoms with Crippen LogP contribution in [-0.2, 0) is 38.1 Å². The highest BCUT2D eigenvalue weighted by Gasteiger charge is 2.35. The van der Waals surface area contributed by atoms with Crippen LogP contribution in [0.3, 0.4) is 0 Å². The number of pyridine rings is 2. The van der Waals surface area contributed by atoms with Gasteiger partial charge in [-0.25, -0.2) is 36.4 Å². The molecule has 0 unspecified atom stereocenters. The summed E-state index contributed by atoms with van der Waals surface area (Å²) in [5.41, 5.74) is 8.00. The lowest BCUT2D eigenvalue weighted by Gasteiger charge is -2.25. The Balaban J connectivity index is 0.000000176. The summed E-state index contributed by atoms with van der Waals surface area (Å²) in [6.45, 7) is 3.36. The molecule has 4 heterocycles. The molecular formula is C44H47ClN6O9S2. The number of carbonyl (C=O) groups is 2. The first-order chi connectivity index (χ1) is 29.7. The number of carbonyl (C=O) groups excluding carboxylic acids is 2. The fourth-order valence-corrected chi connectivity index (χ4v) is 9.21.